The number of aromatic amines is 2. The number of rotatable bonds is 5. The summed E-state index contributed by atoms with van der Waals surface area (Å²) in [7, 11) is 0. The zero-order valence-electron chi connectivity index (χ0n) is 17.5. The smallest absolute Gasteiger partial charge is 0.318 e. The second-order valence-electron chi connectivity index (χ2n) is 8.06. The Bertz CT molecular complexity index is 1310. The fraction of sp³-hybridized carbons (Fsp3) is 0.250. The molecule has 2 aromatic heterocycles. The van der Waals surface area contributed by atoms with Crippen molar-refractivity contribution in [2.45, 2.75) is 19.4 Å². The van der Waals surface area contributed by atoms with Gasteiger partial charge in [0.05, 0.1) is 13.1 Å². The number of hydrogen-bond donors (Lipinski definition) is 4. The molecule has 4 aromatic rings. The van der Waals surface area contributed by atoms with Crippen LogP contribution in [0.3, 0.4) is 0 Å². The zero-order valence-corrected chi connectivity index (χ0v) is 18.3. The Balaban J connectivity index is 1.11. The SMILES string of the molecule is O=C(CNC(=O)N1CCc2c([nH]c3ccc(Cl)cc23)C1)NCCc1c[nH]c2ccccc12. The average Bonchev–Trinajstić information content (AvgIpc) is 3.38. The van der Waals surface area contributed by atoms with Crippen LogP contribution in [0.1, 0.15) is 16.8 Å². The predicted octanol–water partition coefficient (Wildman–Crippen LogP) is 3.73. The van der Waals surface area contributed by atoms with Crippen molar-refractivity contribution in [1.29, 1.82) is 0 Å². The summed E-state index contributed by atoms with van der Waals surface area (Å²) in [4.78, 5) is 33.1. The van der Waals surface area contributed by atoms with Crippen molar-refractivity contribution in [2.75, 3.05) is 19.6 Å². The van der Waals surface area contributed by atoms with E-state index in [2.05, 4.69) is 26.7 Å². The van der Waals surface area contributed by atoms with E-state index in [1.54, 1.807) is 4.90 Å². The van der Waals surface area contributed by atoms with Gasteiger partial charge in [-0.2, -0.15) is 0 Å². The van der Waals surface area contributed by atoms with Crippen molar-refractivity contribution in [1.82, 2.24) is 25.5 Å². The van der Waals surface area contributed by atoms with Crippen LogP contribution in [0.4, 0.5) is 4.79 Å². The molecule has 7 nitrogen and oxygen atoms in total. The molecular formula is C24H24ClN5O2. The molecule has 4 N–H and O–H groups in total. The number of para-hydroxylation sites is 1. The lowest BCUT2D eigenvalue weighted by atomic mass is 10.0. The Hall–Kier alpha value is -3.45. The number of amides is 3. The number of carbonyl (C=O) groups excluding carboxylic acids is 2. The van der Waals surface area contributed by atoms with Crippen LogP contribution in [-0.4, -0.2) is 46.4 Å². The minimum absolute atomic E-state index is 0.0433. The van der Waals surface area contributed by atoms with E-state index in [1.165, 1.54) is 10.9 Å². The van der Waals surface area contributed by atoms with Gasteiger partial charge in [0, 0.05) is 51.8 Å². The standard InChI is InChI=1S/C24H24ClN5O2/c25-16-5-6-21-19(11-16)18-8-10-30(14-22(18)29-21)24(32)28-13-23(31)26-9-7-15-12-27-20-4-2-1-3-17(15)20/h1-6,11-12,27,29H,7-10,13-14H2,(H,26,31)(H,28,32). The van der Waals surface area contributed by atoms with Gasteiger partial charge in [0.1, 0.15) is 0 Å². The minimum Gasteiger partial charge on any atom is -0.361 e. The highest BCUT2D eigenvalue weighted by molar-refractivity contribution is 6.31. The number of aromatic nitrogens is 2. The number of nitrogens with one attached hydrogen (secondary N) is 4. The van der Waals surface area contributed by atoms with Gasteiger partial charge in [0.2, 0.25) is 5.91 Å². The second kappa shape index (κ2) is 8.59. The molecule has 0 saturated carbocycles. The first kappa shape index (κ1) is 20.5. The van der Waals surface area contributed by atoms with Gasteiger partial charge in [-0.3, -0.25) is 4.79 Å². The molecule has 0 aliphatic carbocycles. The van der Waals surface area contributed by atoms with Crippen molar-refractivity contribution in [3.63, 3.8) is 0 Å². The first-order valence-corrected chi connectivity index (χ1v) is 11.1. The largest absolute Gasteiger partial charge is 0.361 e. The predicted molar refractivity (Wildman–Crippen MR) is 126 cm³/mol. The first-order chi connectivity index (χ1) is 15.6. The first-order valence-electron chi connectivity index (χ1n) is 10.7. The van der Waals surface area contributed by atoms with Gasteiger partial charge in [-0.25, -0.2) is 4.79 Å². The van der Waals surface area contributed by atoms with Crippen LogP contribution in [0, 0.1) is 0 Å². The van der Waals surface area contributed by atoms with Crippen molar-refractivity contribution in [3.05, 3.63) is 70.5 Å². The molecule has 8 heteroatoms. The normalized spacial score (nSPS) is 13.3. The summed E-state index contributed by atoms with van der Waals surface area (Å²) < 4.78 is 0. The summed E-state index contributed by atoms with van der Waals surface area (Å²) in [6, 6.07) is 13.6. The lowest BCUT2D eigenvalue weighted by Crippen LogP contribution is -2.46. The maximum absolute atomic E-state index is 12.6. The van der Waals surface area contributed by atoms with Crippen LogP contribution in [0.25, 0.3) is 21.8 Å². The molecule has 5 rings (SSSR count). The maximum atomic E-state index is 12.6. The molecule has 1 aliphatic rings. The Morgan fingerprint density at radius 3 is 2.84 bits per heavy atom. The number of halogens is 1. The van der Waals surface area contributed by atoms with E-state index in [4.69, 9.17) is 11.6 Å². The zero-order chi connectivity index (χ0) is 22.1. The molecule has 2 aromatic carbocycles. The third kappa shape index (κ3) is 4.03. The summed E-state index contributed by atoms with van der Waals surface area (Å²) in [5.41, 5.74) is 5.50. The average molecular weight is 450 g/mol. The molecule has 0 saturated heterocycles. The summed E-state index contributed by atoms with van der Waals surface area (Å²) in [5.74, 6) is -0.198. The van der Waals surface area contributed by atoms with Gasteiger partial charge in [-0.05, 0) is 48.2 Å². The lowest BCUT2D eigenvalue weighted by molar-refractivity contribution is -0.120. The van der Waals surface area contributed by atoms with Gasteiger partial charge in [0.25, 0.3) is 0 Å². The van der Waals surface area contributed by atoms with E-state index in [0.29, 0.717) is 24.7 Å². The van der Waals surface area contributed by atoms with Crippen molar-refractivity contribution < 1.29 is 9.59 Å². The topological polar surface area (TPSA) is 93.0 Å². The van der Waals surface area contributed by atoms with E-state index in [9.17, 15) is 9.59 Å². The van der Waals surface area contributed by atoms with Gasteiger partial charge < -0.3 is 25.5 Å². The van der Waals surface area contributed by atoms with Crippen LogP contribution in [-0.2, 0) is 24.2 Å². The van der Waals surface area contributed by atoms with E-state index < -0.39 is 0 Å². The molecule has 0 bridgehead atoms. The monoisotopic (exact) mass is 449 g/mol. The fourth-order valence-electron chi connectivity index (χ4n) is 4.39. The summed E-state index contributed by atoms with van der Waals surface area (Å²) in [5, 5.41) is 8.59. The van der Waals surface area contributed by atoms with E-state index in [-0.39, 0.29) is 18.5 Å². The maximum Gasteiger partial charge on any atom is 0.318 e. The number of urea groups is 1. The minimum atomic E-state index is -0.237. The van der Waals surface area contributed by atoms with Crippen LogP contribution in [0.5, 0.6) is 0 Å². The quantitative estimate of drug-likeness (QED) is 0.374. The summed E-state index contributed by atoms with van der Waals surface area (Å²) in [6.07, 6.45) is 3.45. The number of H-pyrrole nitrogens is 2. The van der Waals surface area contributed by atoms with Gasteiger partial charge >= 0.3 is 6.03 Å². The van der Waals surface area contributed by atoms with Crippen LogP contribution in [0.2, 0.25) is 5.02 Å². The molecule has 0 unspecified atom stereocenters. The van der Waals surface area contributed by atoms with Crippen molar-refractivity contribution >= 4 is 45.3 Å². The number of hydrogen-bond acceptors (Lipinski definition) is 2. The Labute approximate surface area is 190 Å². The Morgan fingerprint density at radius 1 is 1.06 bits per heavy atom. The Kier molecular flexibility index (Phi) is 5.49. The fourth-order valence-corrected chi connectivity index (χ4v) is 4.56. The molecule has 164 valence electrons. The molecule has 1 aliphatic heterocycles. The van der Waals surface area contributed by atoms with E-state index >= 15 is 0 Å². The molecule has 0 atom stereocenters. The summed E-state index contributed by atoms with van der Waals surface area (Å²) in [6.45, 7) is 1.55. The number of fused-ring (bicyclic) bond motifs is 4. The van der Waals surface area contributed by atoms with Crippen molar-refractivity contribution in [3.8, 4) is 0 Å². The molecule has 0 spiro atoms. The highest BCUT2D eigenvalue weighted by atomic mass is 35.5. The van der Waals surface area contributed by atoms with Gasteiger partial charge in [-0.15, -0.1) is 0 Å². The summed E-state index contributed by atoms with van der Waals surface area (Å²) >= 11 is 6.13. The van der Waals surface area contributed by atoms with Crippen molar-refractivity contribution in [2.24, 2.45) is 0 Å². The molecule has 32 heavy (non-hydrogen) atoms. The molecule has 3 amide bonds. The highest BCUT2D eigenvalue weighted by Gasteiger charge is 2.24. The Morgan fingerprint density at radius 2 is 1.94 bits per heavy atom. The van der Waals surface area contributed by atoms with Gasteiger partial charge in [0.15, 0.2) is 0 Å². The lowest BCUT2D eigenvalue weighted by Gasteiger charge is -2.27. The molecule has 3 heterocycles. The molecule has 0 radical (unpaired) electrons. The third-order valence-electron chi connectivity index (χ3n) is 6.02. The molecule has 0 fully saturated rings. The highest BCUT2D eigenvalue weighted by Crippen LogP contribution is 2.29. The van der Waals surface area contributed by atoms with Gasteiger partial charge in [-0.1, -0.05) is 29.8 Å². The van der Waals surface area contributed by atoms with E-state index in [1.807, 2.05) is 42.6 Å². The number of nitrogens with zero attached hydrogens (tertiary/aromatic N) is 1. The van der Waals surface area contributed by atoms with Crippen LogP contribution < -0.4 is 10.6 Å². The third-order valence-corrected chi connectivity index (χ3v) is 6.25. The number of carbonyl (C=O) groups is 2. The van der Waals surface area contributed by atoms with Crippen LogP contribution >= 0.6 is 11.6 Å². The van der Waals surface area contributed by atoms with Crippen LogP contribution in [0.15, 0.2) is 48.7 Å². The molecular weight excluding hydrogens is 426 g/mol. The number of benzene rings is 2. The second-order valence-corrected chi connectivity index (χ2v) is 8.50. The van der Waals surface area contributed by atoms with E-state index in [0.717, 1.165) is 40.5 Å².